The van der Waals surface area contributed by atoms with Crippen LogP contribution in [0.1, 0.15) is 45.1 Å². The van der Waals surface area contributed by atoms with Crippen LogP contribution in [0, 0.1) is 6.92 Å². The Morgan fingerprint density at radius 1 is 1.03 bits per heavy atom. The fourth-order valence-electron chi connectivity index (χ4n) is 3.53. The van der Waals surface area contributed by atoms with Crippen molar-refractivity contribution in [2.75, 3.05) is 13.1 Å². The van der Waals surface area contributed by atoms with Crippen LogP contribution in [0.5, 0.6) is 0 Å². The van der Waals surface area contributed by atoms with Gasteiger partial charge in [-0.05, 0) is 37.3 Å². The van der Waals surface area contributed by atoms with Crippen LogP contribution < -0.4 is 10.9 Å². The van der Waals surface area contributed by atoms with Gasteiger partial charge in [0, 0.05) is 24.0 Å². The Morgan fingerprint density at radius 2 is 1.73 bits per heavy atom. The molecule has 0 bridgehead atoms. The number of fused-ring (bicyclic) bond motifs is 1. The molecule has 0 aliphatic carbocycles. The first-order chi connectivity index (χ1) is 14.4. The second-order valence-electron chi connectivity index (χ2n) is 7.04. The van der Waals surface area contributed by atoms with Crippen LogP contribution in [0.3, 0.4) is 0 Å². The van der Waals surface area contributed by atoms with Crippen molar-refractivity contribution in [1.29, 1.82) is 0 Å². The number of hydrazine groups is 1. The lowest BCUT2D eigenvalue weighted by molar-refractivity contribution is 0.0832. The predicted molar refractivity (Wildman–Crippen MR) is 113 cm³/mol. The van der Waals surface area contributed by atoms with Gasteiger partial charge in [0.1, 0.15) is 15.4 Å². The van der Waals surface area contributed by atoms with E-state index in [2.05, 4.69) is 10.9 Å². The molecule has 0 atom stereocenters. The van der Waals surface area contributed by atoms with Gasteiger partial charge in [-0.3, -0.25) is 20.4 Å². The number of sulfonamides is 1. The largest absolute Gasteiger partial charge is 0.451 e. The zero-order valence-corrected chi connectivity index (χ0v) is 17.9. The van der Waals surface area contributed by atoms with Gasteiger partial charge in [0.15, 0.2) is 5.76 Å². The Labute approximate surface area is 177 Å². The van der Waals surface area contributed by atoms with E-state index in [1.807, 2.05) is 12.1 Å². The van der Waals surface area contributed by atoms with E-state index >= 15 is 0 Å². The summed E-state index contributed by atoms with van der Waals surface area (Å²) in [6, 6.07) is 8.66. The van der Waals surface area contributed by atoms with E-state index in [1.165, 1.54) is 10.4 Å². The molecule has 0 spiro atoms. The number of benzene rings is 1. The Hall–Kier alpha value is -2.69. The normalized spacial score (nSPS) is 15.2. The molecule has 2 N–H and O–H groups in total. The molecule has 1 aliphatic rings. The lowest BCUT2D eigenvalue weighted by atomic mass is 10.1. The molecular formula is C20H21N3O5S2. The van der Waals surface area contributed by atoms with Crippen LogP contribution in [0.15, 0.2) is 45.0 Å². The van der Waals surface area contributed by atoms with Crippen molar-refractivity contribution in [1.82, 2.24) is 15.2 Å². The van der Waals surface area contributed by atoms with Gasteiger partial charge in [0.05, 0.1) is 0 Å². The number of nitrogens with zero attached hydrogens (tertiary/aromatic N) is 1. The second kappa shape index (κ2) is 8.21. The molecule has 1 aliphatic heterocycles. The number of amides is 2. The summed E-state index contributed by atoms with van der Waals surface area (Å²) in [5, 5.41) is 2.36. The van der Waals surface area contributed by atoms with Crippen LogP contribution in [0.2, 0.25) is 0 Å². The molecule has 10 heteroatoms. The molecule has 0 radical (unpaired) electrons. The first-order valence-electron chi connectivity index (χ1n) is 9.56. The zero-order chi connectivity index (χ0) is 21.3. The highest BCUT2D eigenvalue weighted by Gasteiger charge is 2.31. The number of carbonyl (C=O) groups is 2. The summed E-state index contributed by atoms with van der Waals surface area (Å²) < 4.78 is 32.8. The van der Waals surface area contributed by atoms with Crippen LogP contribution in [0.25, 0.3) is 11.0 Å². The van der Waals surface area contributed by atoms with Crippen LogP contribution in [-0.4, -0.2) is 37.6 Å². The van der Waals surface area contributed by atoms with E-state index in [0.717, 1.165) is 36.0 Å². The second-order valence-corrected chi connectivity index (χ2v) is 9.86. The number of furan rings is 1. The van der Waals surface area contributed by atoms with E-state index in [4.69, 9.17) is 4.42 Å². The quantitative estimate of drug-likeness (QED) is 0.598. The number of para-hydroxylation sites is 1. The molecule has 4 rings (SSSR count). The van der Waals surface area contributed by atoms with Crippen LogP contribution in [-0.2, 0) is 10.0 Å². The van der Waals surface area contributed by atoms with Crippen molar-refractivity contribution in [3.63, 3.8) is 0 Å². The third kappa shape index (κ3) is 3.73. The molecule has 8 nitrogen and oxygen atoms in total. The topological polar surface area (TPSA) is 109 Å². The summed E-state index contributed by atoms with van der Waals surface area (Å²) in [6.07, 6.45) is 2.60. The number of carbonyl (C=O) groups excluding carboxylic acids is 2. The number of thiophene rings is 1. The van der Waals surface area contributed by atoms with Gasteiger partial charge >= 0.3 is 5.91 Å². The third-order valence-corrected chi connectivity index (χ3v) is 8.09. The van der Waals surface area contributed by atoms with Crippen molar-refractivity contribution >= 4 is 44.1 Å². The average molecular weight is 448 g/mol. The Bertz CT molecular complexity index is 1210. The summed E-state index contributed by atoms with van der Waals surface area (Å²) in [6.45, 7) is 2.65. The number of piperidine rings is 1. The summed E-state index contributed by atoms with van der Waals surface area (Å²) in [5.41, 5.74) is 5.84. The molecular weight excluding hydrogens is 426 g/mol. The summed E-state index contributed by atoms with van der Waals surface area (Å²) in [7, 11) is -3.76. The Kier molecular flexibility index (Phi) is 5.63. The maximum atomic E-state index is 12.9. The third-order valence-electron chi connectivity index (χ3n) is 5.11. The Morgan fingerprint density at radius 3 is 2.47 bits per heavy atom. The van der Waals surface area contributed by atoms with E-state index in [0.29, 0.717) is 24.2 Å². The summed E-state index contributed by atoms with van der Waals surface area (Å²) >= 11 is 1.01. The number of nitrogens with one attached hydrogen (secondary N) is 2. The van der Waals surface area contributed by atoms with Crippen molar-refractivity contribution in [2.45, 2.75) is 31.1 Å². The van der Waals surface area contributed by atoms with Crippen molar-refractivity contribution < 1.29 is 22.4 Å². The number of aryl methyl sites for hydroxylation is 1. The molecule has 0 saturated carbocycles. The molecule has 1 aromatic carbocycles. The van der Waals surface area contributed by atoms with E-state index in [9.17, 15) is 18.0 Å². The van der Waals surface area contributed by atoms with Crippen molar-refractivity contribution in [3.05, 3.63) is 51.9 Å². The molecule has 1 fully saturated rings. The lowest BCUT2D eigenvalue weighted by Crippen LogP contribution is -2.42. The van der Waals surface area contributed by atoms with E-state index in [1.54, 1.807) is 24.4 Å². The fraction of sp³-hybridized carbons (Fsp3) is 0.300. The molecule has 30 heavy (non-hydrogen) atoms. The maximum Gasteiger partial charge on any atom is 0.305 e. The maximum absolute atomic E-state index is 12.9. The Balaban J connectivity index is 1.49. The van der Waals surface area contributed by atoms with Crippen LogP contribution in [0.4, 0.5) is 0 Å². The van der Waals surface area contributed by atoms with Gasteiger partial charge in [-0.25, -0.2) is 8.42 Å². The first kappa shape index (κ1) is 20.6. The number of hydrogen-bond acceptors (Lipinski definition) is 6. The van der Waals surface area contributed by atoms with Crippen molar-refractivity contribution in [3.8, 4) is 0 Å². The van der Waals surface area contributed by atoms with Crippen molar-refractivity contribution in [2.24, 2.45) is 0 Å². The lowest BCUT2D eigenvalue weighted by Gasteiger charge is -2.25. The highest BCUT2D eigenvalue weighted by Crippen LogP contribution is 2.27. The van der Waals surface area contributed by atoms with Gasteiger partial charge in [0.2, 0.25) is 10.0 Å². The van der Waals surface area contributed by atoms with Gasteiger partial charge < -0.3 is 4.42 Å². The minimum atomic E-state index is -3.76. The zero-order valence-electron chi connectivity index (χ0n) is 16.3. The minimum Gasteiger partial charge on any atom is -0.451 e. The number of rotatable bonds is 4. The predicted octanol–water partition coefficient (Wildman–Crippen LogP) is 3.05. The number of hydrogen-bond donors (Lipinski definition) is 2. The summed E-state index contributed by atoms with van der Waals surface area (Å²) in [5.74, 6) is -1.22. The molecule has 3 heterocycles. The minimum absolute atomic E-state index is 0.0298. The van der Waals surface area contributed by atoms with Gasteiger partial charge in [-0.2, -0.15) is 4.31 Å². The molecule has 3 aromatic rings. The summed E-state index contributed by atoms with van der Waals surface area (Å²) in [4.78, 5) is 25.1. The average Bonchev–Trinajstić information content (AvgIpc) is 3.38. The van der Waals surface area contributed by atoms with E-state index in [-0.39, 0.29) is 15.5 Å². The first-order valence-corrected chi connectivity index (χ1v) is 11.9. The highest BCUT2D eigenvalue weighted by atomic mass is 32.2. The van der Waals surface area contributed by atoms with E-state index < -0.39 is 21.8 Å². The molecule has 2 aromatic heterocycles. The molecule has 2 amide bonds. The fourth-order valence-corrected chi connectivity index (χ4v) is 6.34. The SMILES string of the molecule is Cc1c(C(=O)NNC(=O)c2sccc2S(=O)(=O)N2CCCCC2)oc2ccccc12. The van der Waals surface area contributed by atoms with Gasteiger partial charge in [0.25, 0.3) is 5.91 Å². The van der Waals surface area contributed by atoms with Gasteiger partial charge in [-0.1, -0.05) is 24.6 Å². The van der Waals surface area contributed by atoms with Crippen LogP contribution >= 0.6 is 11.3 Å². The smallest absolute Gasteiger partial charge is 0.305 e. The highest BCUT2D eigenvalue weighted by molar-refractivity contribution is 7.89. The van der Waals surface area contributed by atoms with Gasteiger partial charge in [-0.15, -0.1) is 11.3 Å². The molecule has 0 unspecified atom stereocenters. The monoisotopic (exact) mass is 447 g/mol. The standard InChI is InChI=1S/C20H21N3O5S2/c1-13-14-7-3-4-8-15(14)28-17(13)19(24)21-22-20(25)18-16(9-12-29-18)30(26,27)23-10-5-2-6-11-23/h3-4,7-9,12H,2,5-6,10-11H2,1H3,(H,21,24)(H,22,25). The molecule has 1 saturated heterocycles. The molecule has 158 valence electrons.